The van der Waals surface area contributed by atoms with Gasteiger partial charge in [-0.2, -0.15) is 0 Å². The summed E-state index contributed by atoms with van der Waals surface area (Å²) < 4.78 is 22.4. The van der Waals surface area contributed by atoms with Crippen molar-refractivity contribution in [1.29, 1.82) is 0 Å². The van der Waals surface area contributed by atoms with Gasteiger partial charge in [0.2, 0.25) is 5.91 Å². The maximum absolute atomic E-state index is 12.0. The number of hydrogen-bond donors (Lipinski definition) is 2. The van der Waals surface area contributed by atoms with Crippen LogP contribution in [0, 0.1) is 0 Å². The number of carbonyl (C=O) groups is 1. The summed E-state index contributed by atoms with van der Waals surface area (Å²) in [6, 6.07) is -0.907. The van der Waals surface area contributed by atoms with Crippen LogP contribution in [0.1, 0.15) is 104 Å². The summed E-state index contributed by atoms with van der Waals surface area (Å²) in [6.07, 6.45) is 28.2. The van der Waals surface area contributed by atoms with E-state index < -0.39 is 32.5 Å². The van der Waals surface area contributed by atoms with Gasteiger partial charge in [0.05, 0.1) is 39.9 Å². The highest BCUT2D eigenvalue weighted by molar-refractivity contribution is 7.45. The van der Waals surface area contributed by atoms with Crippen molar-refractivity contribution in [1.82, 2.24) is 5.32 Å². The van der Waals surface area contributed by atoms with Gasteiger partial charge < -0.3 is 28.8 Å². The Morgan fingerprint density at radius 2 is 1.35 bits per heavy atom. The molecule has 0 aliphatic heterocycles. The van der Waals surface area contributed by atoms with Gasteiger partial charge in [-0.15, -0.1) is 0 Å². The summed E-state index contributed by atoms with van der Waals surface area (Å²) >= 11 is 0. The molecule has 0 saturated carbocycles. The van der Waals surface area contributed by atoms with Crippen LogP contribution in [0.3, 0.4) is 0 Å². The lowest BCUT2D eigenvalue weighted by Crippen LogP contribution is -2.45. The third-order valence-electron chi connectivity index (χ3n) is 6.37. The van der Waals surface area contributed by atoms with E-state index in [0.717, 1.165) is 25.7 Å². The number of rotatable bonds is 26. The number of quaternary nitrogens is 1. The predicted octanol–water partition coefficient (Wildman–Crippen LogP) is 6.21. The lowest BCUT2D eigenvalue weighted by atomic mass is 10.1. The van der Waals surface area contributed by atoms with Crippen LogP contribution in [0.25, 0.3) is 0 Å². The van der Waals surface area contributed by atoms with Crippen LogP contribution in [-0.4, -0.2) is 68.5 Å². The number of carbonyl (C=O) groups excluding carboxylic acids is 1. The fourth-order valence-corrected chi connectivity index (χ4v) is 4.64. The van der Waals surface area contributed by atoms with E-state index in [9.17, 15) is 19.4 Å². The predicted molar refractivity (Wildman–Crippen MR) is 164 cm³/mol. The first-order valence-electron chi connectivity index (χ1n) is 15.3. The summed E-state index contributed by atoms with van der Waals surface area (Å²) in [5, 5.41) is 13.0. The number of aliphatic hydroxyl groups is 1. The highest BCUT2D eigenvalue weighted by Gasteiger charge is 2.22. The topological polar surface area (TPSA) is 108 Å². The standard InChI is InChI=1S/C31H59N2O6P/c1-6-7-8-9-10-11-12-13-14-15-16-17-18-19-20-21-22-23-24-25-31(35)30(32-29(2)34)28-39-40(36,37)38-27-26-33(3,4)5/h16-17,20-21,24-25,30-31,35H,6-15,18-19,22-23,26-28H2,1-5H3,(H-,32,34,36,37)/b17-16+,21-20+,25-24+. The summed E-state index contributed by atoms with van der Waals surface area (Å²) in [7, 11) is 1.22. The lowest BCUT2D eigenvalue weighted by molar-refractivity contribution is -0.870. The molecule has 0 rings (SSSR count). The molecule has 0 aromatic carbocycles. The van der Waals surface area contributed by atoms with Crippen LogP contribution in [0.2, 0.25) is 0 Å². The number of nitrogens with zero attached hydrogens (tertiary/aromatic N) is 1. The van der Waals surface area contributed by atoms with Gasteiger partial charge in [-0.1, -0.05) is 94.7 Å². The van der Waals surface area contributed by atoms with Gasteiger partial charge >= 0.3 is 0 Å². The van der Waals surface area contributed by atoms with Gasteiger partial charge in [0.1, 0.15) is 13.2 Å². The average Bonchev–Trinajstić information content (AvgIpc) is 2.86. The van der Waals surface area contributed by atoms with Crippen LogP contribution in [0.5, 0.6) is 0 Å². The van der Waals surface area contributed by atoms with Crippen molar-refractivity contribution in [3.05, 3.63) is 36.5 Å². The molecule has 234 valence electrons. The zero-order valence-electron chi connectivity index (χ0n) is 26.0. The molecule has 2 N–H and O–H groups in total. The minimum atomic E-state index is -4.54. The smallest absolute Gasteiger partial charge is 0.268 e. The normalized spacial score (nSPS) is 15.7. The van der Waals surface area contributed by atoms with Crippen LogP contribution >= 0.6 is 7.82 Å². The van der Waals surface area contributed by atoms with E-state index >= 15 is 0 Å². The number of unbranched alkanes of at least 4 members (excludes halogenated alkanes) is 11. The van der Waals surface area contributed by atoms with E-state index in [0.29, 0.717) is 11.0 Å². The fraction of sp³-hybridized carbons (Fsp3) is 0.774. The molecule has 0 heterocycles. The quantitative estimate of drug-likeness (QED) is 0.0540. The lowest BCUT2D eigenvalue weighted by Gasteiger charge is -2.29. The second-order valence-electron chi connectivity index (χ2n) is 11.5. The highest BCUT2D eigenvalue weighted by atomic mass is 31.2. The SMILES string of the molecule is CCCCCCCCCCC/C=C/CC/C=C/CC/C=C/C(O)C(COP(=O)([O-])OCC[N+](C)(C)C)NC(C)=O. The molecule has 9 heteroatoms. The molecule has 3 atom stereocenters. The molecule has 0 aromatic heterocycles. The Kier molecular flexibility index (Phi) is 23.6. The van der Waals surface area contributed by atoms with E-state index in [1.54, 1.807) is 6.08 Å². The van der Waals surface area contributed by atoms with Gasteiger partial charge in [-0.25, -0.2) is 0 Å². The van der Waals surface area contributed by atoms with E-state index in [4.69, 9.17) is 9.05 Å². The third kappa shape index (κ3) is 26.9. The number of nitrogens with one attached hydrogen (secondary N) is 1. The Labute approximate surface area is 245 Å². The number of hydrogen-bond acceptors (Lipinski definition) is 6. The molecule has 0 bridgehead atoms. The van der Waals surface area contributed by atoms with Gasteiger partial charge in [-0.3, -0.25) is 9.36 Å². The van der Waals surface area contributed by atoms with Crippen molar-refractivity contribution < 1.29 is 32.9 Å². The van der Waals surface area contributed by atoms with Crippen LogP contribution < -0.4 is 10.2 Å². The van der Waals surface area contributed by atoms with E-state index in [2.05, 4.69) is 36.5 Å². The average molecular weight is 587 g/mol. The molecule has 3 unspecified atom stereocenters. The highest BCUT2D eigenvalue weighted by Crippen LogP contribution is 2.38. The molecule has 0 saturated heterocycles. The van der Waals surface area contributed by atoms with Crippen LogP contribution in [0.15, 0.2) is 36.5 Å². The molecular formula is C31H59N2O6P. The molecular weight excluding hydrogens is 527 g/mol. The van der Waals surface area contributed by atoms with Crippen LogP contribution in [-0.2, 0) is 18.4 Å². The number of likely N-dealkylation sites (N-methyl/N-ethyl adjacent to an activating group) is 1. The van der Waals surface area contributed by atoms with E-state index in [-0.39, 0.29) is 6.61 Å². The first-order valence-corrected chi connectivity index (χ1v) is 16.8. The third-order valence-corrected chi connectivity index (χ3v) is 7.33. The minimum Gasteiger partial charge on any atom is -0.756 e. The van der Waals surface area contributed by atoms with Crippen LogP contribution in [0.4, 0.5) is 0 Å². The molecule has 40 heavy (non-hydrogen) atoms. The number of aliphatic hydroxyl groups excluding tert-OH is 1. The first-order chi connectivity index (χ1) is 19.0. The second kappa shape index (κ2) is 24.3. The zero-order chi connectivity index (χ0) is 30.1. The monoisotopic (exact) mass is 586 g/mol. The molecule has 0 spiro atoms. The Bertz CT molecular complexity index is 763. The summed E-state index contributed by atoms with van der Waals surface area (Å²) in [4.78, 5) is 23.5. The fourth-order valence-electron chi connectivity index (χ4n) is 3.92. The second-order valence-corrected chi connectivity index (χ2v) is 12.9. The van der Waals surface area contributed by atoms with Gasteiger partial charge in [0, 0.05) is 6.92 Å². The van der Waals surface area contributed by atoms with E-state index in [1.807, 2.05) is 27.2 Å². The summed E-state index contributed by atoms with van der Waals surface area (Å²) in [5.41, 5.74) is 0. The molecule has 0 radical (unpaired) electrons. The van der Waals surface area contributed by atoms with Crippen molar-refractivity contribution in [2.24, 2.45) is 0 Å². The molecule has 0 aliphatic rings. The summed E-state index contributed by atoms with van der Waals surface area (Å²) in [5.74, 6) is -0.391. The molecule has 8 nitrogen and oxygen atoms in total. The van der Waals surface area contributed by atoms with Crippen molar-refractivity contribution in [2.75, 3.05) is 40.9 Å². The van der Waals surface area contributed by atoms with Crippen molar-refractivity contribution in [3.63, 3.8) is 0 Å². The molecule has 1 amide bonds. The number of allylic oxidation sites excluding steroid dienone is 5. The number of phosphoric ester groups is 1. The number of amides is 1. The Balaban J connectivity index is 4.08. The maximum atomic E-state index is 12.0. The molecule has 0 aliphatic carbocycles. The zero-order valence-corrected chi connectivity index (χ0v) is 26.9. The van der Waals surface area contributed by atoms with Gasteiger partial charge in [0.15, 0.2) is 0 Å². The minimum absolute atomic E-state index is 0.0132. The Hall–Kier alpha value is -1.28. The Morgan fingerprint density at radius 3 is 1.88 bits per heavy atom. The molecule has 0 aromatic rings. The first kappa shape index (κ1) is 38.7. The van der Waals surface area contributed by atoms with Crippen molar-refractivity contribution in [3.8, 4) is 0 Å². The number of phosphoric acid groups is 1. The Morgan fingerprint density at radius 1 is 0.850 bits per heavy atom. The van der Waals surface area contributed by atoms with Crippen molar-refractivity contribution >= 4 is 13.7 Å². The summed E-state index contributed by atoms with van der Waals surface area (Å²) in [6.45, 7) is 3.62. The van der Waals surface area contributed by atoms with Gasteiger partial charge in [-0.05, 0) is 38.5 Å². The maximum Gasteiger partial charge on any atom is 0.268 e. The molecule has 0 fully saturated rings. The van der Waals surface area contributed by atoms with E-state index in [1.165, 1.54) is 71.1 Å². The largest absolute Gasteiger partial charge is 0.756 e. The van der Waals surface area contributed by atoms with Gasteiger partial charge in [0.25, 0.3) is 7.82 Å². The van der Waals surface area contributed by atoms with Crippen molar-refractivity contribution in [2.45, 2.75) is 116 Å².